The summed E-state index contributed by atoms with van der Waals surface area (Å²) in [7, 11) is 0. The van der Waals surface area contributed by atoms with E-state index in [0.717, 1.165) is 48.7 Å². The van der Waals surface area contributed by atoms with Crippen LogP contribution in [-0.4, -0.2) is 10.9 Å². The molecule has 1 saturated carbocycles. The molecule has 3 nitrogen and oxygen atoms in total. The fourth-order valence-corrected chi connectivity index (χ4v) is 4.70. The molecular formula is C25H24F4N2O. The van der Waals surface area contributed by atoms with Crippen molar-refractivity contribution < 1.29 is 22.4 Å². The van der Waals surface area contributed by atoms with Crippen molar-refractivity contribution in [3.05, 3.63) is 71.7 Å². The SMILES string of the molecule is C[C@@H](C(=O)Nc1ccc(C(F)(F)F)c(F)c1)C1CCC(c2ccnc3ccccc23)CC1. The molecule has 1 aliphatic rings. The smallest absolute Gasteiger partial charge is 0.326 e. The van der Waals surface area contributed by atoms with Gasteiger partial charge in [0.25, 0.3) is 0 Å². The largest absolute Gasteiger partial charge is 0.419 e. The fraction of sp³-hybridized carbons (Fsp3) is 0.360. The molecule has 32 heavy (non-hydrogen) atoms. The second kappa shape index (κ2) is 8.88. The number of rotatable bonds is 4. The molecule has 0 aliphatic heterocycles. The standard InChI is InChI=1S/C25H24F4N2O/c1-15(24(32)31-18-10-11-21(22(26)14-18)25(27,28)29)16-6-8-17(9-7-16)19-12-13-30-23-5-3-2-4-20(19)23/h2-5,10-17H,6-9H2,1H3,(H,31,32)/t15-,16?,17?/m1/s1. The number of fused-ring (bicyclic) bond motifs is 1. The summed E-state index contributed by atoms with van der Waals surface area (Å²) < 4.78 is 52.0. The highest BCUT2D eigenvalue weighted by molar-refractivity contribution is 5.92. The van der Waals surface area contributed by atoms with Crippen LogP contribution >= 0.6 is 0 Å². The average Bonchev–Trinajstić information content (AvgIpc) is 2.77. The molecule has 1 atom stereocenters. The third kappa shape index (κ3) is 4.61. The van der Waals surface area contributed by atoms with E-state index in [1.165, 1.54) is 5.56 Å². The van der Waals surface area contributed by atoms with E-state index in [1.807, 2.05) is 31.3 Å². The van der Waals surface area contributed by atoms with Crippen LogP contribution in [0.1, 0.15) is 49.7 Å². The first-order valence-corrected chi connectivity index (χ1v) is 10.8. The Morgan fingerprint density at radius 2 is 1.78 bits per heavy atom. The number of carbonyl (C=O) groups is 1. The zero-order valence-corrected chi connectivity index (χ0v) is 17.6. The van der Waals surface area contributed by atoms with E-state index in [9.17, 15) is 22.4 Å². The van der Waals surface area contributed by atoms with Crippen LogP contribution in [0.5, 0.6) is 0 Å². The second-order valence-corrected chi connectivity index (χ2v) is 8.50. The minimum Gasteiger partial charge on any atom is -0.326 e. The van der Waals surface area contributed by atoms with Crippen molar-refractivity contribution in [2.75, 3.05) is 5.32 Å². The molecule has 0 saturated heterocycles. The number of pyridine rings is 1. The molecule has 0 radical (unpaired) electrons. The molecule has 1 N–H and O–H groups in total. The van der Waals surface area contributed by atoms with Crippen LogP contribution in [0.4, 0.5) is 23.2 Å². The second-order valence-electron chi connectivity index (χ2n) is 8.50. The lowest BCUT2D eigenvalue weighted by Gasteiger charge is -2.32. The maximum atomic E-state index is 13.8. The van der Waals surface area contributed by atoms with Gasteiger partial charge in [-0.2, -0.15) is 13.2 Å². The van der Waals surface area contributed by atoms with Gasteiger partial charge in [0.2, 0.25) is 5.91 Å². The molecule has 0 bridgehead atoms. The topological polar surface area (TPSA) is 42.0 Å². The third-order valence-corrected chi connectivity index (χ3v) is 6.56. The number of benzene rings is 2. The van der Waals surface area contributed by atoms with Gasteiger partial charge in [-0.25, -0.2) is 4.39 Å². The predicted molar refractivity (Wildman–Crippen MR) is 116 cm³/mol. The van der Waals surface area contributed by atoms with Crippen molar-refractivity contribution >= 4 is 22.5 Å². The Balaban J connectivity index is 1.38. The first-order valence-electron chi connectivity index (χ1n) is 10.8. The lowest BCUT2D eigenvalue weighted by molar-refractivity contribution is -0.140. The Morgan fingerprint density at radius 3 is 2.47 bits per heavy atom. The number of halogens is 4. The lowest BCUT2D eigenvalue weighted by atomic mass is 9.73. The highest BCUT2D eigenvalue weighted by atomic mass is 19.4. The molecule has 168 valence electrons. The molecule has 1 amide bonds. The van der Waals surface area contributed by atoms with Crippen LogP contribution in [0.25, 0.3) is 10.9 Å². The van der Waals surface area contributed by atoms with Crippen LogP contribution in [0.2, 0.25) is 0 Å². The zero-order valence-electron chi connectivity index (χ0n) is 17.6. The number of amides is 1. The summed E-state index contributed by atoms with van der Waals surface area (Å²) >= 11 is 0. The normalized spacial score (nSPS) is 20.2. The van der Waals surface area contributed by atoms with E-state index >= 15 is 0 Å². The van der Waals surface area contributed by atoms with Gasteiger partial charge in [0.1, 0.15) is 5.82 Å². The summed E-state index contributed by atoms with van der Waals surface area (Å²) in [6.45, 7) is 1.82. The highest BCUT2D eigenvalue weighted by Gasteiger charge is 2.34. The van der Waals surface area contributed by atoms with Gasteiger partial charge in [-0.1, -0.05) is 25.1 Å². The van der Waals surface area contributed by atoms with Crippen molar-refractivity contribution in [2.24, 2.45) is 11.8 Å². The number of carbonyl (C=O) groups excluding carboxylic acids is 1. The quantitative estimate of drug-likeness (QED) is 0.443. The third-order valence-electron chi connectivity index (χ3n) is 6.56. The molecule has 3 aromatic rings. The summed E-state index contributed by atoms with van der Waals surface area (Å²) in [5, 5.41) is 3.73. The van der Waals surface area contributed by atoms with Crippen molar-refractivity contribution in [3.8, 4) is 0 Å². The zero-order chi connectivity index (χ0) is 22.9. The molecule has 1 fully saturated rings. The van der Waals surface area contributed by atoms with Crippen molar-refractivity contribution in [1.29, 1.82) is 0 Å². The summed E-state index contributed by atoms with van der Waals surface area (Å²) in [6, 6.07) is 12.6. The van der Waals surface area contributed by atoms with E-state index in [0.29, 0.717) is 12.0 Å². The van der Waals surface area contributed by atoms with Gasteiger partial charge in [-0.3, -0.25) is 9.78 Å². The molecule has 1 aromatic heterocycles. The predicted octanol–water partition coefficient (Wildman–Crippen LogP) is 6.94. The monoisotopic (exact) mass is 444 g/mol. The van der Waals surface area contributed by atoms with Gasteiger partial charge in [-0.15, -0.1) is 0 Å². The molecule has 1 heterocycles. The Kier molecular flexibility index (Phi) is 6.17. The fourth-order valence-electron chi connectivity index (χ4n) is 4.70. The molecule has 0 spiro atoms. The lowest BCUT2D eigenvalue weighted by Crippen LogP contribution is -2.29. The number of nitrogens with zero attached hydrogens (tertiary/aromatic N) is 1. The number of anilines is 1. The van der Waals surface area contributed by atoms with Gasteiger partial charge >= 0.3 is 6.18 Å². The van der Waals surface area contributed by atoms with Crippen LogP contribution in [0, 0.1) is 17.7 Å². The van der Waals surface area contributed by atoms with E-state index in [1.54, 1.807) is 0 Å². The molecule has 0 unspecified atom stereocenters. The highest BCUT2D eigenvalue weighted by Crippen LogP contribution is 2.41. The molecule has 7 heteroatoms. The Morgan fingerprint density at radius 1 is 1.06 bits per heavy atom. The van der Waals surface area contributed by atoms with Gasteiger partial charge in [0.05, 0.1) is 11.1 Å². The number of alkyl halides is 3. The summed E-state index contributed by atoms with van der Waals surface area (Å²) in [5.41, 5.74) is 0.949. The Bertz CT molecular complexity index is 1120. The minimum absolute atomic E-state index is 0.0318. The summed E-state index contributed by atoms with van der Waals surface area (Å²) in [6.07, 6.45) is 0.715. The average molecular weight is 444 g/mol. The van der Waals surface area contributed by atoms with E-state index in [2.05, 4.69) is 22.4 Å². The van der Waals surface area contributed by atoms with E-state index < -0.39 is 17.6 Å². The molecule has 2 aromatic carbocycles. The maximum absolute atomic E-state index is 13.8. The van der Waals surface area contributed by atoms with Gasteiger partial charge in [0.15, 0.2) is 0 Å². The van der Waals surface area contributed by atoms with Crippen LogP contribution in [-0.2, 0) is 11.0 Å². The number of nitrogens with one attached hydrogen (secondary N) is 1. The van der Waals surface area contributed by atoms with Crippen molar-refractivity contribution in [3.63, 3.8) is 0 Å². The number of aromatic nitrogens is 1. The Labute approximate surface area is 183 Å². The summed E-state index contributed by atoms with van der Waals surface area (Å²) in [5.74, 6) is -1.46. The van der Waals surface area contributed by atoms with Gasteiger partial charge in [0, 0.05) is 23.2 Å². The van der Waals surface area contributed by atoms with Gasteiger partial charge in [-0.05, 0) is 73.4 Å². The van der Waals surface area contributed by atoms with Crippen LogP contribution in [0.3, 0.4) is 0 Å². The Hall–Kier alpha value is -2.96. The molecular weight excluding hydrogens is 420 g/mol. The van der Waals surface area contributed by atoms with Gasteiger partial charge < -0.3 is 5.32 Å². The molecule has 4 rings (SSSR count). The maximum Gasteiger partial charge on any atom is 0.419 e. The first-order chi connectivity index (χ1) is 15.2. The minimum atomic E-state index is -4.77. The van der Waals surface area contributed by atoms with Crippen molar-refractivity contribution in [2.45, 2.75) is 44.7 Å². The van der Waals surface area contributed by atoms with E-state index in [-0.39, 0.29) is 23.4 Å². The number of para-hydroxylation sites is 1. The van der Waals surface area contributed by atoms with Crippen LogP contribution in [0.15, 0.2) is 54.7 Å². The number of hydrogen-bond acceptors (Lipinski definition) is 2. The van der Waals surface area contributed by atoms with Crippen LogP contribution < -0.4 is 5.32 Å². The van der Waals surface area contributed by atoms with E-state index in [4.69, 9.17) is 0 Å². The number of hydrogen-bond donors (Lipinski definition) is 1. The summed E-state index contributed by atoms with van der Waals surface area (Å²) in [4.78, 5) is 17.1. The first kappa shape index (κ1) is 22.2. The molecule has 1 aliphatic carbocycles. The van der Waals surface area contributed by atoms with Crippen molar-refractivity contribution in [1.82, 2.24) is 4.98 Å².